The van der Waals surface area contributed by atoms with Crippen molar-refractivity contribution < 1.29 is 24.3 Å². The van der Waals surface area contributed by atoms with Gasteiger partial charge in [0.15, 0.2) is 11.6 Å². The molecule has 122 valence electrons. The maximum atomic E-state index is 10.8. The second-order valence-electron chi connectivity index (χ2n) is 7.51. The summed E-state index contributed by atoms with van der Waals surface area (Å²) in [4.78, 5) is 41.9. The molecule has 0 bridgehead atoms. The van der Waals surface area contributed by atoms with E-state index in [1.54, 1.807) is 0 Å². The minimum Gasteiger partial charge on any atom is -0.476 e. The van der Waals surface area contributed by atoms with Crippen molar-refractivity contribution in [3.05, 3.63) is 0 Å². The van der Waals surface area contributed by atoms with Crippen LogP contribution in [-0.2, 0) is 19.2 Å². The molecule has 0 aliphatic rings. The summed E-state index contributed by atoms with van der Waals surface area (Å²) in [7, 11) is 0. The molecule has 0 aromatic carbocycles. The first-order valence-electron chi connectivity index (χ1n) is 6.95. The number of carbonyl (C=O) groups excluding carboxylic acids is 3. The van der Waals surface area contributed by atoms with E-state index in [9.17, 15) is 19.2 Å². The van der Waals surface area contributed by atoms with Crippen molar-refractivity contribution in [1.29, 1.82) is 0 Å². The highest BCUT2D eigenvalue weighted by atomic mass is 16.4. The summed E-state index contributed by atoms with van der Waals surface area (Å²) in [5, 5.41) is 8.20. The third kappa shape index (κ3) is 16.4. The Kier molecular flexibility index (Phi) is 9.02. The molecule has 0 heterocycles. The lowest BCUT2D eigenvalue weighted by atomic mass is 9.89. The molecule has 0 aliphatic heterocycles. The molecule has 5 nitrogen and oxygen atoms in total. The minimum absolute atomic E-state index is 0.0995. The van der Waals surface area contributed by atoms with Gasteiger partial charge in [-0.15, -0.1) is 0 Å². The van der Waals surface area contributed by atoms with Crippen LogP contribution in [0.4, 0.5) is 0 Å². The topological polar surface area (TPSA) is 88.5 Å². The van der Waals surface area contributed by atoms with E-state index >= 15 is 0 Å². The van der Waals surface area contributed by atoms with Gasteiger partial charge in [0.2, 0.25) is 5.78 Å². The highest BCUT2D eigenvalue weighted by molar-refractivity contribution is 6.36. The maximum Gasteiger partial charge on any atom is 0.372 e. The van der Waals surface area contributed by atoms with Crippen LogP contribution in [0.3, 0.4) is 0 Å². The van der Waals surface area contributed by atoms with Crippen LogP contribution in [0, 0.1) is 10.8 Å². The Hall–Kier alpha value is -1.52. The summed E-state index contributed by atoms with van der Waals surface area (Å²) >= 11 is 0. The van der Waals surface area contributed by atoms with Gasteiger partial charge in [-0.25, -0.2) is 4.79 Å². The van der Waals surface area contributed by atoms with Gasteiger partial charge >= 0.3 is 5.97 Å². The van der Waals surface area contributed by atoms with Gasteiger partial charge in [-0.3, -0.25) is 14.4 Å². The van der Waals surface area contributed by atoms with Crippen molar-refractivity contribution >= 4 is 23.3 Å². The van der Waals surface area contributed by atoms with Crippen molar-refractivity contribution in [3.8, 4) is 0 Å². The SMILES string of the molecule is CC(=O)C(=O)CCC(C)(C)C.CC(C)(C)CC(=O)C(=O)O. The Balaban J connectivity index is 0. The third-order valence-corrected chi connectivity index (χ3v) is 2.42. The zero-order chi connectivity index (χ0) is 17.4. The normalized spacial score (nSPS) is 11.2. The number of rotatable bonds is 5. The first-order valence-corrected chi connectivity index (χ1v) is 6.95. The van der Waals surface area contributed by atoms with Gasteiger partial charge in [0.25, 0.3) is 0 Å². The molecule has 1 N–H and O–H groups in total. The second-order valence-corrected chi connectivity index (χ2v) is 7.51. The summed E-state index contributed by atoms with van der Waals surface area (Å²) < 4.78 is 0. The Morgan fingerprint density at radius 2 is 1.24 bits per heavy atom. The summed E-state index contributed by atoms with van der Waals surface area (Å²) in [6.07, 6.45) is 1.27. The molecule has 0 aromatic rings. The minimum atomic E-state index is -1.34. The summed E-state index contributed by atoms with van der Waals surface area (Å²) in [5.74, 6) is -2.63. The largest absolute Gasteiger partial charge is 0.476 e. The molecule has 0 radical (unpaired) electrons. The molecule has 5 heteroatoms. The van der Waals surface area contributed by atoms with Gasteiger partial charge in [0.1, 0.15) is 0 Å². The van der Waals surface area contributed by atoms with Crippen LogP contribution < -0.4 is 0 Å². The van der Waals surface area contributed by atoms with Gasteiger partial charge < -0.3 is 5.11 Å². The Bertz CT molecular complexity index is 394. The van der Waals surface area contributed by atoms with E-state index in [0.717, 1.165) is 6.42 Å². The van der Waals surface area contributed by atoms with Crippen molar-refractivity contribution in [2.24, 2.45) is 10.8 Å². The van der Waals surface area contributed by atoms with Crippen molar-refractivity contribution in [1.82, 2.24) is 0 Å². The van der Waals surface area contributed by atoms with E-state index in [0.29, 0.717) is 6.42 Å². The highest BCUT2D eigenvalue weighted by Crippen LogP contribution is 2.20. The Morgan fingerprint density at radius 1 is 0.810 bits per heavy atom. The van der Waals surface area contributed by atoms with E-state index in [-0.39, 0.29) is 28.8 Å². The number of carboxylic acids is 1. The van der Waals surface area contributed by atoms with E-state index in [1.165, 1.54) is 6.92 Å². The monoisotopic (exact) mass is 300 g/mol. The van der Waals surface area contributed by atoms with Crippen LogP contribution >= 0.6 is 0 Å². The number of aliphatic carboxylic acids is 1. The quantitative estimate of drug-likeness (QED) is 0.788. The molecule has 0 aromatic heterocycles. The van der Waals surface area contributed by atoms with Crippen molar-refractivity contribution in [2.45, 2.75) is 67.7 Å². The Morgan fingerprint density at radius 3 is 1.43 bits per heavy atom. The molecule has 21 heavy (non-hydrogen) atoms. The molecule has 0 aliphatic carbocycles. The maximum absolute atomic E-state index is 10.8. The summed E-state index contributed by atoms with van der Waals surface area (Å²) in [6, 6.07) is 0. The molecular weight excluding hydrogens is 272 g/mol. The molecular formula is C16H28O5. The third-order valence-electron chi connectivity index (χ3n) is 2.42. The first kappa shape index (κ1) is 21.8. The molecule has 0 unspecified atom stereocenters. The lowest BCUT2D eigenvalue weighted by molar-refractivity contribution is -0.150. The molecule has 0 rings (SSSR count). The van der Waals surface area contributed by atoms with Crippen LogP contribution in [0.5, 0.6) is 0 Å². The molecule has 0 fully saturated rings. The number of carboxylic acid groups (broad SMARTS) is 1. The number of carbonyl (C=O) groups is 4. The molecule has 0 spiro atoms. The fraction of sp³-hybridized carbons (Fsp3) is 0.750. The number of Topliss-reactive ketones (excluding diaryl/α,β-unsaturated/α-hetero) is 3. The van der Waals surface area contributed by atoms with Gasteiger partial charge in [0, 0.05) is 19.8 Å². The standard InChI is InChI=1S/C9H16O2.C7H12O3/c1-7(10)8(11)5-6-9(2,3)4;1-7(2,3)4-5(8)6(9)10/h5-6H2,1-4H3;4H2,1-3H3,(H,9,10). The molecule has 0 amide bonds. The van der Waals surface area contributed by atoms with Crippen LogP contribution in [0.1, 0.15) is 67.7 Å². The smallest absolute Gasteiger partial charge is 0.372 e. The summed E-state index contributed by atoms with van der Waals surface area (Å²) in [6.45, 7) is 13.0. The Labute approximate surface area is 127 Å². The van der Waals surface area contributed by atoms with Gasteiger partial charge in [0.05, 0.1) is 0 Å². The zero-order valence-corrected chi connectivity index (χ0v) is 14.2. The summed E-state index contributed by atoms with van der Waals surface area (Å²) in [5.41, 5.74) is -0.0828. The fourth-order valence-electron chi connectivity index (χ4n) is 1.22. The predicted molar refractivity (Wildman–Crippen MR) is 81.1 cm³/mol. The van der Waals surface area contributed by atoms with Crippen LogP contribution in [0.15, 0.2) is 0 Å². The molecule has 0 saturated heterocycles. The van der Waals surface area contributed by atoms with E-state index < -0.39 is 11.8 Å². The number of ketones is 3. The zero-order valence-electron chi connectivity index (χ0n) is 14.2. The van der Waals surface area contributed by atoms with Gasteiger partial charge in [-0.05, 0) is 17.3 Å². The predicted octanol–water partition coefficient (Wildman–Crippen LogP) is 3.05. The highest BCUT2D eigenvalue weighted by Gasteiger charge is 2.20. The van der Waals surface area contributed by atoms with Crippen molar-refractivity contribution in [3.63, 3.8) is 0 Å². The number of hydrogen-bond acceptors (Lipinski definition) is 4. The van der Waals surface area contributed by atoms with Crippen LogP contribution in [0.25, 0.3) is 0 Å². The van der Waals surface area contributed by atoms with E-state index in [4.69, 9.17) is 5.11 Å². The first-order chi connectivity index (χ1) is 9.15. The number of hydrogen-bond donors (Lipinski definition) is 1. The van der Waals surface area contributed by atoms with Gasteiger partial charge in [-0.2, -0.15) is 0 Å². The van der Waals surface area contributed by atoms with Gasteiger partial charge in [-0.1, -0.05) is 41.5 Å². The molecule has 0 atom stereocenters. The average Bonchev–Trinajstić information content (AvgIpc) is 2.23. The van der Waals surface area contributed by atoms with Crippen LogP contribution in [0.2, 0.25) is 0 Å². The fourth-order valence-corrected chi connectivity index (χ4v) is 1.22. The van der Waals surface area contributed by atoms with Crippen molar-refractivity contribution in [2.75, 3.05) is 0 Å². The lowest BCUT2D eigenvalue weighted by Crippen LogP contribution is -2.19. The average molecular weight is 300 g/mol. The molecule has 0 saturated carbocycles. The lowest BCUT2D eigenvalue weighted by Gasteiger charge is -2.16. The second kappa shape index (κ2) is 8.70. The van der Waals surface area contributed by atoms with E-state index in [1.807, 2.05) is 20.8 Å². The van der Waals surface area contributed by atoms with E-state index in [2.05, 4.69) is 20.8 Å². The van der Waals surface area contributed by atoms with Crippen LogP contribution in [-0.4, -0.2) is 28.4 Å².